The summed E-state index contributed by atoms with van der Waals surface area (Å²) < 4.78 is 2.01. The molecule has 0 aliphatic carbocycles. The Morgan fingerprint density at radius 1 is 0.595 bits per heavy atom. The fraction of sp³-hybridized carbons (Fsp3) is 0.0541. The number of rotatable bonds is 5. The second-order valence-electron chi connectivity index (χ2n) is 10.5. The van der Waals surface area contributed by atoms with Crippen LogP contribution in [0.4, 0.5) is 0 Å². The molecule has 1 N–H and O–H groups in total. The van der Waals surface area contributed by atoms with Gasteiger partial charge >= 0.3 is 0 Å². The van der Waals surface area contributed by atoms with Crippen molar-refractivity contribution in [3.63, 3.8) is 0 Å². The predicted molar refractivity (Wildman–Crippen MR) is 170 cm³/mol. The van der Waals surface area contributed by atoms with Crippen molar-refractivity contribution < 1.29 is 5.11 Å². The molecule has 7 rings (SSSR count). The smallest absolute Gasteiger partial charge is 0.222 e. The number of aromatic nitrogens is 4. The number of fused-ring (bicyclic) bond motifs is 1. The molecule has 4 aromatic carbocycles. The zero-order chi connectivity index (χ0) is 28.6. The Labute approximate surface area is 244 Å². The standard InChI is InChI=1S/C37H28N4O/c1-24-23-39-33(22-32(24)26-13-7-4-8-14-26)29-20-27(25-11-5-3-6-12-25)19-28(21-29)30-15-9-17-34-35(30)40-36(41(34)2)31-16-10-18-38-37(31)42/h3-23H,1-2H3,(H,38,42). The van der Waals surface area contributed by atoms with Gasteiger partial charge in [-0.05, 0) is 82.8 Å². The molecule has 0 fully saturated rings. The molecule has 0 radical (unpaired) electrons. The minimum Gasteiger partial charge on any atom is -0.493 e. The van der Waals surface area contributed by atoms with Gasteiger partial charge in [0.2, 0.25) is 5.88 Å². The van der Waals surface area contributed by atoms with E-state index < -0.39 is 0 Å². The van der Waals surface area contributed by atoms with Gasteiger partial charge in [0.05, 0.1) is 22.3 Å². The molecule has 42 heavy (non-hydrogen) atoms. The van der Waals surface area contributed by atoms with Gasteiger partial charge in [0, 0.05) is 30.6 Å². The van der Waals surface area contributed by atoms with Crippen LogP contribution in [0, 0.1) is 6.92 Å². The summed E-state index contributed by atoms with van der Waals surface area (Å²) in [7, 11) is 1.97. The summed E-state index contributed by atoms with van der Waals surface area (Å²) >= 11 is 0. The summed E-state index contributed by atoms with van der Waals surface area (Å²) in [4.78, 5) is 14.0. The largest absolute Gasteiger partial charge is 0.493 e. The predicted octanol–water partition coefficient (Wildman–Crippen LogP) is 8.71. The monoisotopic (exact) mass is 544 g/mol. The number of imidazole rings is 1. The fourth-order valence-electron chi connectivity index (χ4n) is 5.60. The first kappa shape index (κ1) is 25.4. The van der Waals surface area contributed by atoms with Crippen LogP contribution in [0.5, 0.6) is 5.88 Å². The van der Waals surface area contributed by atoms with E-state index in [1.807, 2.05) is 42.1 Å². The molecule has 0 atom stereocenters. The van der Waals surface area contributed by atoms with Crippen molar-refractivity contribution in [3.05, 3.63) is 133 Å². The topological polar surface area (TPSA) is 63.8 Å². The molecule has 0 saturated heterocycles. The minimum atomic E-state index is -0.0366. The zero-order valence-corrected chi connectivity index (χ0v) is 23.4. The van der Waals surface area contributed by atoms with Crippen molar-refractivity contribution in [3.8, 4) is 61.9 Å². The van der Waals surface area contributed by atoms with Gasteiger partial charge in [-0.25, -0.2) is 9.97 Å². The number of aromatic hydroxyl groups is 1. The van der Waals surface area contributed by atoms with Crippen molar-refractivity contribution >= 4 is 11.0 Å². The molecule has 3 aromatic heterocycles. The molecular weight excluding hydrogens is 516 g/mol. The normalized spacial score (nSPS) is 11.2. The second-order valence-corrected chi connectivity index (χ2v) is 10.5. The molecule has 0 bridgehead atoms. The molecule has 0 amide bonds. The van der Waals surface area contributed by atoms with E-state index >= 15 is 0 Å². The van der Waals surface area contributed by atoms with E-state index in [0.29, 0.717) is 11.4 Å². The maximum absolute atomic E-state index is 10.5. The van der Waals surface area contributed by atoms with Crippen molar-refractivity contribution in [1.82, 2.24) is 19.5 Å². The highest BCUT2D eigenvalue weighted by Gasteiger charge is 2.18. The summed E-state index contributed by atoms with van der Waals surface area (Å²) in [6, 6.07) is 39.5. The highest BCUT2D eigenvalue weighted by molar-refractivity contribution is 5.96. The second kappa shape index (κ2) is 10.5. The van der Waals surface area contributed by atoms with Gasteiger partial charge in [-0.3, -0.25) is 4.98 Å². The Morgan fingerprint density at radius 3 is 2.05 bits per heavy atom. The van der Waals surface area contributed by atoms with Crippen LogP contribution in [0.25, 0.3) is 67.1 Å². The molecule has 7 aromatic rings. The SMILES string of the molecule is Cc1cnc(-c2cc(-c3ccccc3)cc(-c3cccc4c3nc(-c3cccnc3O)n4C)c2)cc1-c1ccccc1. The molecule has 202 valence electrons. The highest BCUT2D eigenvalue weighted by Crippen LogP contribution is 2.38. The van der Waals surface area contributed by atoms with Gasteiger partial charge in [-0.2, -0.15) is 0 Å². The Kier molecular flexibility index (Phi) is 6.32. The summed E-state index contributed by atoms with van der Waals surface area (Å²) in [5.74, 6) is 0.626. The summed E-state index contributed by atoms with van der Waals surface area (Å²) in [6.07, 6.45) is 3.53. The molecular formula is C37H28N4O. The lowest BCUT2D eigenvalue weighted by Gasteiger charge is -2.13. The third kappa shape index (κ3) is 4.51. The van der Waals surface area contributed by atoms with Gasteiger partial charge < -0.3 is 9.67 Å². The molecule has 0 spiro atoms. The van der Waals surface area contributed by atoms with Crippen LogP contribution in [0.1, 0.15) is 5.56 Å². The number of benzene rings is 4. The molecule has 0 aliphatic heterocycles. The number of hydrogen-bond donors (Lipinski definition) is 1. The molecule has 0 saturated carbocycles. The quantitative estimate of drug-likeness (QED) is 0.235. The van der Waals surface area contributed by atoms with E-state index in [2.05, 4.69) is 103 Å². The van der Waals surface area contributed by atoms with E-state index in [1.54, 1.807) is 6.20 Å². The average molecular weight is 545 g/mol. The molecule has 0 unspecified atom stereocenters. The van der Waals surface area contributed by atoms with E-state index in [1.165, 1.54) is 11.1 Å². The Balaban J connectivity index is 1.44. The van der Waals surface area contributed by atoms with Crippen LogP contribution in [-0.2, 0) is 7.05 Å². The van der Waals surface area contributed by atoms with Crippen LogP contribution in [0.3, 0.4) is 0 Å². The number of aryl methyl sites for hydroxylation is 2. The maximum Gasteiger partial charge on any atom is 0.222 e. The van der Waals surface area contributed by atoms with E-state index in [-0.39, 0.29) is 5.88 Å². The Bertz CT molecular complexity index is 2060. The lowest BCUT2D eigenvalue weighted by Crippen LogP contribution is -1.93. The molecule has 3 heterocycles. The number of para-hydroxylation sites is 1. The minimum absolute atomic E-state index is 0.0366. The van der Waals surface area contributed by atoms with Crippen molar-refractivity contribution in [2.45, 2.75) is 6.92 Å². The Morgan fingerprint density at radius 2 is 1.29 bits per heavy atom. The van der Waals surface area contributed by atoms with Gasteiger partial charge in [0.1, 0.15) is 5.82 Å². The van der Waals surface area contributed by atoms with Crippen molar-refractivity contribution in [2.24, 2.45) is 7.05 Å². The van der Waals surface area contributed by atoms with Crippen LogP contribution in [0.15, 0.2) is 128 Å². The zero-order valence-electron chi connectivity index (χ0n) is 23.4. The summed E-state index contributed by atoms with van der Waals surface area (Å²) in [5, 5.41) is 10.5. The van der Waals surface area contributed by atoms with Crippen LogP contribution >= 0.6 is 0 Å². The summed E-state index contributed by atoms with van der Waals surface area (Å²) in [5.41, 5.74) is 12.1. The van der Waals surface area contributed by atoms with Crippen LogP contribution < -0.4 is 0 Å². The lowest BCUT2D eigenvalue weighted by molar-refractivity contribution is 0.455. The third-order valence-corrected chi connectivity index (χ3v) is 7.77. The lowest BCUT2D eigenvalue weighted by atomic mass is 9.93. The Hall–Kier alpha value is -5.55. The van der Waals surface area contributed by atoms with Crippen molar-refractivity contribution in [1.29, 1.82) is 0 Å². The molecule has 5 nitrogen and oxygen atoms in total. The first-order valence-corrected chi connectivity index (χ1v) is 13.9. The highest BCUT2D eigenvalue weighted by atomic mass is 16.3. The van der Waals surface area contributed by atoms with E-state index in [0.717, 1.165) is 50.1 Å². The number of nitrogens with zero attached hydrogens (tertiary/aromatic N) is 4. The average Bonchev–Trinajstić information content (AvgIpc) is 3.38. The number of hydrogen-bond acceptors (Lipinski definition) is 4. The summed E-state index contributed by atoms with van der Waals surface area (Å²) in [6.45, 7) is 2.10. The maximum atomic E-state index is 10.5. The van der Waals surface area contributed by atoms with Crippen LogP contribution in [-0.4, -0.2) is 24.6 Å². The van der Waals surface area contributed by atoms with Gasteiger partial charge in [-0.1, -0.05) is 72.8 Å². The molecule has 5 heteroatoms. The van der Waals surface area contributed by atoms with Gasteiger partial charge in [0.25, 0.3) is 0 Å². The van der Waals surface area contributed by atoms with E-state index in [4.69, 9.17) is 9.97 Å². The van der Waals surface area contributed by atoms with Crippen molar-refractivity contribution in [2.75, 3.05) is 0 Å². The first-order valence-electron chi connectivity index (χ1n) is 13.9. The first-order chi connectivity index (χ1) is 20.6. The van der Waals surface area contributed by atoms with E-state index in [9.17, 15) is 5.11 Å². The van der Waals surface area contributed by atoms with Gasteiger partial charge in [0.15, 0.2) is 0 Å². The number of pyridine rings is 2. The fourth-order valence-corrected chi connectivity index (χ4v) is 5.60. The van der Waals surface area contributed by atoms with Crippen LogP contribution in [0.2, 0.25) is 0 Å². The third-order valence-electron chi connectivity index (χ3n) is 7.77. The van der Waals surface area contributed by atoms with Gasteiger partial charge in [-0.15, -0.1) is 0 Å². The molecule has 0 aliphatic rings.